The van der Waals surface area contributed by atoms with Gasteiger partial charge in [-0.25, -0.2) is 13.9 Å². The Morgan fingerprint density at radius 3 is 2.70 bits per heavy atom. The molecule has 0 aliphatic carbocycles. The molecule has 3 amide bonds. The molecule has 2 unspecified atom stereocenters. The summed E-state index contributed by atoms with van der Waals surface area (Å²) in [6, 6.07) is -1.36. The van der Waals surface area contributed by atoms with Gasteiger partial charge < -0.3 is 31.3 Å². The number of carboxylic acids is 1. The SMILES string of the molecule is C[C@@H](NC(=O)Cn1cnnn1)[C@H]1C(=O)N2C(C(=O)O)=C(SC3CNC(C(=O)N4CCC(F)(CN)CC4)C3)[C@H](C)[C@H]12. The zero-order valence-corrected chi connectivity index (χ0v) is 23.1. The summed E-state index contributed by atoms with van der Waals surface area (Å²) in [5.74, 6) is -2.81. The van der Waals surface area contributed by atoms with Crippen LogP contribution in [0.1, 0.15) is 33.1 Å². The number of rotatable bonds is 9. The molecule has 3 fully saturated rings. The van der Waals surface area contributed by atoms with Crippen LogP contribution in [0.5, 0.6) is 0 Å². The van der Waals surface area contributed by atoms with Crippen molar-refractivity contribution in [1.82, 2.24) is 40.6 Å². The first-order chi connectivity index (χ1) is 19.0. The first kappa shape index (κ1) is 28.4. The van der Waals surface area contributed by atoms with Gasteiger partial charge in [0.15, 0.2) is 0 Å². The number of aromatic nitrogens is 4. The lowest BCUT2D eigenvalue weighted by Crippen LogP contribution is -2.66. The highest BCUT2D eigenvalue weighted by Crippen LogP contribution is 2.51. The van der Waals surface area contributed by atoms with Crippen LogP contribution < -0.4 is 16.4 Å². The summed E-state index contributed by atoms with van der Waals surface area (Å²) in [7, 11) is 0. The maximum absolute atomic E-state index is 14.5. The number of β-lactam (4-membered cyclic amide) rings is 1. The van der Waals surface area contributed by atoms with Crippen LogP contribution in [0.4, 0.5) is 4.39 Å². The van der Waals surface area contributed by atoms with Gasteiger partial charge in [-0.1, -0.05) is 6.92 Å². The number of aliphatic carboxylic acids is 1. The van der Waals surface area contributed by atoms with E-state index in [0.717, 1.165) is 0 Å². The zero-order chi connectivity index (χ0) is 28.8. The number of likely N-dealkylation sites (tertiary alicyclic amines) is 1. The van der Waals surface area contributed by atoms with E-state index in [0.29, 0.717) is 31.0 Å². The second kappa shape index (κ2) is 11.0. The number of nitrogens with zero attached hydrogens (tertiary/aromatic N) is 6. The molecule has 1 aromatic rings. The quantitative estimate of drug-likeness (QED) is 0.255. The number of fused-ring (bicyclic) bond motifs is 1. The Hall–Kier alpha value is -3.11. The minimum Gasteiger partial charge on any atom is -0.477 e. The van der Waals surface area contributed by atoms with Crippen LogP contribution in [0.15, 0.2) is 16.9 Å². The summed E-state index contributed by atoms with van der Waals surface area (Å²) in [5.41, 5.74) is 4.09. The third-order valence-electron chi connectivity index (χ3n) is 8.44. The molecular formula is C24H34FN9O5S. The van der Waals surface area contributed by atoms with Gasteiger partial charge in [0.05, 0.1) is 18.0 Å². The summed E-state index contributed by atoms with van der Waals surface area (Å²) >= 11 is 1.39. The van der Waals surface area contributed by atoms with E-state index in [9.17, 15) is 28.7 Å². The van der Waals surface area contributed by atoms with Crippen LogP contribution in [-0.4, -0.2) is 114 Å². The standard InChI is InChI=1S/C24H34FN9O5S/c1-12-18-17(13(2)29-16(35)9-33-11-28-30-31-33)22(37)34(18)19(23(38)39)20(12)40-14-7-15(27-8-14)21(36)32-5-3-24(25,10-26)4-6-32/h11-15,17-18,27H,3-10,26H2,1-2H3,(H,29,35)(H,38,39)/t12-,13-,14?,15?,17-,18-/m1/s1. The highest BCUT2D eigenvalue weighted by atomic mass is 32.2. The van der Waals surface area contributed by atoms with Gasteiger partial charge in [0.25, 0.3) is 0 Å². The number of halogens is 1. The maximum Gasteiger partial charge on any atom is 0.353 e. The summed E-state index contributed by atoms with van der Waals surface area (Å²) in [6.07, 6.45) is 2.24. The molecule has 5 heterocycles. The zero-order valence-electron chi connectivity index (χ0n) is 22.3. The number of carboxylic acid groups (broad SMARTS) is 1. The lowest BCUT2D eigenvalue weighted by Gasteiger charge is -2.47. The average molecular weight is 580 g/mol. The summed E-state index contributed by atoms with van der Waals surface area (Å²) in [5, 5.41) is 26.6. The normalized spacial score (nSPS) is 30.2. The fraction of sp³-hybridized carbons (Fsp3) is 0.708. The third-order valence-corrected chi connectivity index (χ3v) is 9.95. The number of nitrogens with one attached hydrogen (secondary N) is 2. The van der Waals surface area contributed by atoms with Gasteiger partial charge in [-0.15, -0.1) is 16.9 Å². The molecule has 0 aromatic carbocycles. The van der Waals surface area contributed by atoms with Crippen molar-refractivity contribution >= 4 is 35.5 Å². The lowest BCUT2D eigenvalue weighted by atomic mass is 9.78. The largest absolute Gasteiger partial charge is 0.477 e. The Morgan fingerprint density at radius 2 is 2.08 bits per heavy atom. The molecule has 3 saturated heterocycles. The number of nitrogens with two attached hydrogens (primary N) is 1. The molecule has 5 N–H and O–H groups in total. The fourth-order valence-corrected chi connectivity index (χ4v) is 7.68. The smallest absolute Gasteiger partial charge is 0.353 e. The Labute approximate surface area is 234 Å². The Kier molecular flexibility index (Phi) is 7.85. The van der Waals surface area contributed by atoms with Gasteiger partial charge in [0.2, 0.25) is 17.7 Å². The van der Waals surface area contributed by atoms with E-state index in [1.165, 1.54) is 27.7 Å². The Balaban J connectivity index is 1.21. The van der Waals surface area contributed by atoms with Gasteiger partial charge in [0.1, 0.15) is 24.2 Å². The average Bonchev–Trinajstić information content (AvgIpc) is 3.65. The fourth-order valence-electron chi connectivity index (χ4n) is 6.20. The highest BCUT2D eigenvalue weighted by Gasteiger charge is 2.60. The van der Waals surface area contributed by atoms with Crippen molar-refractivity contribution in [2.45, 2.75) is 68.7 Å². The van der Waals surface area contributed by atoms with Crippen LogP contribution >= 0.6 is 11.8 Å². The van der Waals surface area contributed by atoms with Crippen LogP contribution in [-0.2, 0) is 25.7 Å². The van der Waals surface area contributed by atoms with Gasteiger partial charge in [0, 0.05) is 61.1 Å². The minimum atomic E-state index is -1.42. The van der Waals surface area contributed by atoms with Gasteiger partial charge in [-0.3, -0.25) is 14.4 Å². The number of hydrogen-bond acceptors (Lipinski definition) is 10. The van der Waals surface area contributed by atoms with Crippen molar-refractivity contribution in [1.29, 1.82) is 0 Å². The van der Waals surface area contributed by atoms with E-state index in [-0.39, 0.29) is 60.5 Å². The number of carbonyl (C=O) groups is 4. The van der Waals surface area contributed by atoms with E-state index in [2.05, 4.69) is 26.2 Å². The monoisotopic (exact) mass is 579 g/mol. The van der Waals surface area contributed by atoms with E-state index in [1.807, 2.05) is 6.92 Å². The molecule has 40 heavy (non-hydrogen) atoms. The van der Waals surface area contributed by atoms with Gasteiger partial charge in [-0.05, 0) is 23.8 Å². The van der Waals surface area contributed by atoms with Crippen molar-refractivity contribution in [3.8, 4) is 0 Å². The number of hydrogen-bond donors (Lipinski definition) is 4. The minimum absolute atomic E-state index is 0.0251. The van der Waals surface area contributed by atoms with E-state index < -0.39 is 35.7 Å². The van der Waals surface area contributed by atoms with Crippen LogP contribution in [0.25, 0.3) is 0 Å². The number of amides is 3. The molecule has 0 radical (unpaired) electrons. The molecule has 6 atom stereocenters. The van der Waals surface area contributed by atoms with Crippen LogP contribution in [0.2, 0.25) is 0 Å². The van der Waals surface area contributed by atoms with Crippen molar-refractivity contribution in [2.75, 3.05) is 26.2 Å². The summed E-state index contributed by atoms with van der Waals surface area (Å²) < 4.78 is 15.7. The number of alkyl halides is 1. The highest BCUT2D eigenvalue weighted by molar-refractivity contribution is 8.03. The van der Waals surface area contributed by atoms with Crippen molar-refractivity contribution in [2.24, 2.45) is 17.6 Å². The van der Waals surface area contributed by atoms with Gasteiger partial charge in [-0.2, -0.15) is 0 Å². The first-order valence-corrected chi connectivity index (χ1v) is 14.3. The summed E-state index contributed by atoms with van der Waals surface area (Å²) in [6.45, 7) is 4.60. The molecule has 14 nitrogen and oxygen atoms in total. The number of thioether (sulfide) groups is 1. The molecule has 0 bridgehead atoms. The topological polar surface area (TPSA) is 189 Å². The molecular weight excluding hydrogens is 545 g/mol. The second-order valence-corrected chi connectivity index (χ2v) is 12.4. The van der Waals surface area contributed by atoms with Gasteiger partial charge >= 0.3 is 5.97 Å². The lowest BCUT2D eigenvalue weighted by molar-refractivity contribution is -0.158. The molecule has 5 rings (SSSR count). The Morgan fingerprint density at radius 1 is 1.35 bits per heavy atom. The second-order valence-electron chi connectivity index (χ2n) is 11.0. The third kappa shape index (κ3) is 5.19. The van der Waals surface area contributed by atoms with E-state index >= 15 is 0 Å². The first-order valence-electron chi connectivity index (χ1n) is 13.4. The number of piperidine rings is 1. The predicted octanol–water partition coefficient (Wildman–Crippen LogP) is -1.30. The van der Waals surface area contributed by atoms with Crippen LogP contribution in [0, 0.1) is 11.8 Å². The number of tetrazole rings is 1. The van der Waals surface area contributed by atoms with Crippen molar-refractivity contribution in [3.05, 3.63) is 16.9 Å². The molecule has 1 aromatic heterocycles. The molecule has 0 saturated carbocycles. The van der Waals surface area contributed by atoms with Crippen molar-refractivity contribution in [3.63, 3.8) is 0 Å². The van der Waals surface area contributed by atoms with Crippen molar-refractivity contribution < 1.29 is 28.7 Å². The number of carbonyl (C=O) groups excluding carboxylic acids is 3. The Bertz CT molecular complexity index is 1210. The predicted molar refractivity (Wildman–Crippen MR) is 140 cm³/mol. The van der Waals surface area contributed by atoms with E-state index in [1.54, 1.807) is 11.8 Å². The summed E-state index contributed by atoms with van der Waals surface area (Å²) in [4.78, 5) is 54.5. The molecule has 16 heteroatoms. The molecule has 4 aliphatic heterocycles. The molecule has 218 valence electrons. The molecule has 0 spiro atoms. The van der Waals surface area contributed by atoms with Crippen LogP contribution in [0.3, 0.4) is 0 Å². The maximum atomic E-state index is 14.5. The van der Waals surface area contributed by atoms with E-state index in [4.69, 9.17) is 5.73 Å². The molecule has 4 aliphatic rings.